The van der Waals surface area contributed by atoms with Gasteiger partial charge >= 0.3 is 5.97 Å². The number of allylic oxidation sites excluding steroid dienone is 1. The van der Waals surface area contributed by atoms with Crippen molar-refractivity contribution in [1.82, 2.24) is 4.31 Å². The third kappa shape index (κ3) is 2.48. The van der Waals surface area contributed by atoms with Gasteiger partial charge < -0.3 is 4.74 Å². The van der Waals surface area contributed by atoms with E-state index in [4.69, 9.17) is 4.74 Å². The molecular formula is C9H15NO2S. The summed E-state index contributed by atoms with van der Waals surface area (Å²) in [4.78, 5) is 12.6. The molecule has 0 N–H and O–H groups in total. The molecule has 4 heteroatoms. The summed E-state index contributed by atoms with van der Waals surface area (Å²) in [5.74, 6) is -0.152. The molecule has 3 nitrogen and oxygen atoms in total. The monoisotopic (exact) mass is 201 g/mol. The Bertz CT molecular complexity index is 228. The third-order valence-electron chi connectivity index (χ3n) is 1.87. The van der Waals surface area contributed by atoms with Crippen LogP contribution in [-0.2, 0) is 9.53 Å². The highest BCUT2D eigenvalue weighted by atomic mass is 32.2. The van der Waals surface area contributed by atoms with Crippen molar-refractivity contribution in [2.75, 3.05) is 13.7 Å². The van der Waals surface area contributed by atoms with Crippen LogP contribution in [-0.4, -0.2) is 30.0 Å². The second-order valence-electron chi connectivity index (χ2n) is 2.82. The summed E-state index contributed by atoms with van der Waals surface area (Å²) in [6.45, 7) is 4.35. The van der Waals surface area contributed by atoms with Crippen molar-refractivity contribution in [2.45, 2.75) is 26.3 Å². The normalized spacial score (nSPS) is 23.0. The smallest absolute Gasteiger partial charge is 0.328 e. The van der Waals surface area contributed by atoms with Crippen molar-refractivity contribution in [2.24, 2.45) is 0 Å². The summed E-state index contributed by atoms with van der Waals surface area (Å²) < 4.78 is 6.88. The second-order valence-corrected chi connectivity index (χ2v) is 4.10. The summed E-state index contributed by atoms with van der Waals surface area (Å²) in [5, 5.41) is 0. The number of hydrogen-bond acceptors (Lipinski definition) is 4. The molecule has 0 saturated heterocycles. The first-order valence-electron chi connectivity index (χ1n) is 4.47. The molecule has 1 heterocycles. The van der Waals surface area contributed by atoms with Crippen molar-refractivity contribution in [3.63, 3.8) is 0 Å². The number of esters is 1. The number of nitrogens with zero attached hydrogens (tertiary/aromatic N) is 1. The number of likely N-dealkylation sites (N-methyl/N-ethyl adjacent to an activating group) is 1. The molecule has 0 aromatic heterocycles. The maximum absolute atomic E-state index is 11.4. The van der Waals surface area contributed by atoms with Crippen molar-refractivity contribution < 1.29 is 9.53 Å². The molecule has 1 atom stereocenters. The van der Waals surface area contributed by atoms with Gasteiger partial charge in [0.05, 0.1) is 6.61 Å². The fourth-order valence-corrected chi connectivity index (χ4v) is 2.13. The molecule has 0 fully saturated rings. The van der Waals surface area contributed by atoms with E-state index >= 15 is 0 Å². The lowest BCUT2D eigenvalue weighted by atomic mass is 10.2. The topological polar surface area (TPSA) is 29.5 Å². The first kappa shape index (κ1) is 10.6. The van der Waals surface area contributed by atoms with Crippen LogP contribution in [0, 0.1) is 0 Å². The van der Waals surface area contributed by atoms with Crippen LogP contribution in [0.15, 0.2) is 11.0 Å². The predicted molar refractivity (Wildman–Crippen MR) is 54.1 cm³/mol. The van der Waals surface area contributed by atoms with Crippen molar-refractivity contribution in [3.05, 3.63) is 11.0 Å². The summed E-state index contributed by atoms with van der Waals surface area (Å²) in [6, 6.07) is -0.195. The van der Waals surface area contributed by atoms with Crippen LogP contribution in [0.5, 0.6) is 0 Å². The molecule has 0 bridgehead atoms. The van der Waals surface area contributed by atoms with Gasteiger partial charge in [-0.1, -0.05) is 6.92 Å². The molecular weight excluding hydrogens is 186 g/mol. The van der Waals surface area contributed by atoms with Gasteiger partial charge in [-0.2, -0.15) is 0 Å². The number of carbonyl (C=O) groups excluding carboxylic acids is 1. The van der Waals surface area contributed by atoms with E-state index in [1.54, 1.807) is 11.9 Å². The van der Waals surface area contributed by atoms with Crippen LogP contribution in [0.3, 0.4) is 0 Å². The van der Waals surface area contributed by atoms with Crippen molar-refractivity contribution >= 4 is 17.9 Å². The van der Waals surface area contributed by atoms with Crippen LogP contribution in [0.25, 0.3) is 0 Å². The molecule has 1 rings (SSSR count). The summed E-state index contributed by atoms with van der Waals surface area (Å²) >= 11 is 1.62. The SMILES string of the molecule is CCOC(=O)C1C=C(CC)SN1C. The number of hydrogen-bond donors (Lipinski definition) is 0. The van der Waals surface area contributed by atoms with Gasteiger partial charge in [0.25, 0.3) is 0 Å². The molecule has 0 saturated carbocycles. The van der Waals surface area contributed by atoms with Crippen LogP contribution in [0.1, 0.15) is 20.3 Å². The van der Waals surface area contributed by atoms with E-state index in [2.05, 4.69) is 6.92 Å². The van der Waals surface area contributed by atoms with E-state index in [-0.39, 0.29) is 12.0 Å². The van der Waals surface area contributed by atoms with Crippen molar-refractivity contribution in [3.8, 4) is 0 Å². The average Bonchev–Trinajstić information content (AvgIpc) is 2.47. The minimum atomic E-state index is -0.195. The molecule has 1 aliphatic rings. The number of rotatable bonds is 3. The van der Waals surface area contributed by atoms with Crippen molar-refractivity contribution in [1.29, 1.82) is 0 Å². The van der Waals surface area contributed by atoms with Gasteiger partial charge in [-0.25, -0.2) is 9.10 Å². The first-order valence-corrected chi connectivity index (χ1v) is 5.24. The highest BCUT2D eigenvalue weighted by molar-refractivity contribution is 8.01. The Hall–Kier alpha value is -0.480. The molecule has 0 spiro atoms. The molecule has 0 radical (unpaired) electrons. The van der Waals surface area contributed by atoms with Gasteiger partial charge in [-0.15, -0.1) is 0 Å². The number of ether oxygens (including phenoxy) is 1. The highest BCUT2D eigenvalue weighted by Crippen LogP contribution is 2.32. The van der Waals surface area contributed by atoms with Gasteiger partial charge in [-0.05, 0) is 43.3 Å². The Kier molecular flexibility index (Phi) is 3.81. The second kappa shape index (κ2) is 4.67. The van der Waals surface area contributed by atoms with Gasteiger partial charge in [0.1, 0.15) is 6.04 Å². The molecule has 13 heavy (non-hydrogen) atoms. The first-order chi connectivity index (χ1) is 6.19. The summed E-state index contributed by atoms with van der Waals surface area (Å²) in [5.41, 5.74) is 0. The molecule has 74 valence electrons. The molecule has 0 amide bonds. The summed E-state index contributed by atoms with van der Waals surface area (Å²) in [7, 11) is 1.91. The Morgan fingerprint density at radius 2 is 2.38 bits per heavy atom. The lowest BCUT2D eigenvalue weighted by molar-refractivity contribution is -0.145. The minimum Gasteiger partial charge on any atom is -0.465 e. The highest BCUT2D eigenvalue weighted by Gasteiger charge is 2.28. The maximum atomic E-state index is 11.4. The minimum absolute atomic E-state index is 0.152. The molecule has 1 unspecified atom stereocenters. The van der Waals surface area contributed by atoms with Crippen LogP contribution < -0.4 is 0 Å². The fraction of sp³-hybridized carbons (Fsp3) is 0.667. The zero-order valence-electron chi connectivity index (χ0n) is 8.24. The van der Waals surface area contributed by atoms with Gasteiger partial charge in [-0.3, -0.25) is 0 Å². The number of carbonyl (C=O) groups is 1. The quantitative estimate of drug-likeness (QED) is 0.514. The summed E-state index contributed by atoms with van der Waals surface area (Å²) in [6.07, 6.45) is 2.95. The van der Waals surface area contributed by atoms with E-state index in [1.807, 2.05) is 24.4 Å². The molecule has 1 aliphatic heterocycles. The van der Waals surface area contributed by atoms with Crippen LogP contribution in [0.4, 0.5) is 0 Å². The zero-order chi connectivity index (χ0) is 9.84. The third-order valence-corrected chi connectivity index (χ3v) is 3.05. The molecule has 0 aromatic carbocycles. The Balaban J connectivity index is 2.59. The largest absolute Gasteiger partial charge is 0.465 e. The Labute approximate surface area is 83.3 Å². The molecule has 0 aliphatic carbocycles. The van der Waals surface area contributed by atoms with E-state index in [0.717, 1.165) is 6.42 Å². The zero-order valence-corrected chi connectivity index (χ0v) is 9.06. The van der Waals surface area contributed by atoms with Gasteiger partial charge in [0, 0.05) is 0 Å². The maximum Gasteiger partial charge on any atom is 0.328 e. The van der Waals surface area contributed by atoms with Gasteiger partial charge in [0.2, 0.25) is 0 Å². The molecule has 0 aromatic rings. The lowest BCUT2D eigenvalue weighted by Gasteiger charge is -2.15. The van der Waals surface area contributed by atoms with E-state index in [1.165, 1.54) is 4.91 Å². The van der Waals surface area contributed by atoms with E-state index in [0.29, 0.717) is 6.61 Å². The Morgan fingerprint density at radius 3 is 2.85 bits per heavy atom. The predicted octanol–water partition coefficient (Wildman–Crippen LogP) is 1.81. The standard InChI is InChI=1S/C9H15NO2S/c1-4-7-6-8(10(3)13-7)9(11)12-5-2/h6,8H,4-5H2,1-3H3. The van der Waals surface area contributed by atoms with E-state index in [9.17, 15) is 4.79 Å². The van der Waals surface area contributed by atoms with Gasteiger partial charge in [0.15, 0.2) is 0 Å². The Morgan fingerprint density at radius 1 is 1.69 bits per heavy atom. The van der Waals surface area contributed by atoms with Crippen LogP contribution in [0.2, 0.25) is 0 Å². The average molecular weight is 201 g/mol. The van der Waals surface area contributed by atoms with Crippen LogP contribution >= 0.6 is 11.9 Å². The lowest BCUT2D eigenvalue weighted by Crippen LogP contribution is -2.30. The van der Waals surface area contributed by atoms with E-state index < -0.39 is 0 Å². The fourth-order valence-electron chi connectivity index (χ4n) is 1.18.